The molecule has 0 N–H and O–H groups in total. The highest BCUT2D eigenvalue weighted by molar-refractivity contribution is 6.30. The molecule has 0 aliphatic heterocycles. The van der Waals surface area contributed by atoms with Crippen LogP contribution in [-0.4, -0.2) is 24.9 Å². The molecule has 3 aromatic rings. The zero-order chi connectivity index (χ0) is 13.9. The van der Waals surface area contributed by atoms with Crippen molar-refractivity contribution in [2.45, 2.75) is 6.54 Å². The standard InChI is InChI=1S/C12H7ClN6O/c13-9-3-1-8(2-4-9)12-16-11(18-20-12)6-19-7-15-10(5-14)17-19/h1-4,7H,6H2. The van der Waals surface area contributed by atoms with Crippen LogP contribution in [0.25, 0.3) is 11.5 Å². The number of halogens is 1. The molecule has 0 amide bonds. The average molecular weight is 287 g/mol. The minimum absolute atomic E-state index is 0.103. The lowest BCUT2D eigenvalue weighted by molar-refractivity contribution is 0.418. The van der Waals surface area contributed by atoms with Crippen molar-refractivity contribution in [2.75, 3.05) is 0 Å². The lowest BCUT2D eigenvalue weighted by Gasteiger charge is -1.93. The first-order valence-electron chi connectivity index (χ1n) is 5.62. The van der Waals surface area contributed by atoms with Gasteiger partial charge in [-0.2, -0.15) is 10.2 Å². The van der Waals surface area contributed by atoms with E-state index in [1.165, 1.54) is 11.0 Å². The van der Waals surface area contributed by atoms with Crippen LogP contribution in [0.3, 0.4) is 0 Å². The van der Waals surface area contributed by atoms with Crippen LogP contribution in [0.2, 0.25) is 5.02 Å². The number of nitriles is 1. The SMILES string of the molecule is N#Cc1ncn(Cc2noc(-c3ccc(Cl)cc3)n2)n1. The van der Waals surface area contributed by atoms with Gasteiger partial charge in [-0.1, -0.05) is 16.8 Å². The Morgan fingerprint density at radius 2 is 2.10 bits per heavy atom. The van der Waals surface area contributed by atoms with Gasteiger partial charge in [-0.15, -0.1) is 5.10 Å². The van der Waals surface area contributed by atoms with Crippen molar-refractivity contribution in [2.24, 2.45) is 0 Å². The number of aromatic nitrogens is 5. The molecule has 0 aliphatic rings. The molecule has 1 aromatic carbocycles. The van der Waals surface area contributed by atoms with Gasteiger partial charge < -0.3 is 4.52 Å². The van der Waals surface area contributed by atoms with Gasteiger partial charge in [-0.25, -0.2) is 9.67 Å². The summed E-state index contributed by atoms with van der Waals surface area (Å²) in [6.45, 7) is 0.284. The topological polar surface area (TPSA) is 93.4 Å². The minimum atomic E-state index is 0.103. The predicted molar refractivity (Wildman–Crippen MR) is 68.6 cm³/mol. The predicted octanol–water partition coefficient (Wildman–Crippen LogP) is 1.90. The Bertz CT molecular complexity index is 770. The van der Waals surface area contributed by atoms with Gasteiger partial charge in [0.15, 0.2) is 5.82 Å². The third-order valence-electron chi connectivity index (χ3n) is 2.50. The summed E-state index contributed by atoms with van der Waals surface area (Å²) in [5, 5.41) is 17.1. The number of nitrogens with zero attached hydrogens (tertiary/aromatic N) is 6. The van der Waals surface area contributed by atoms with Crippen LogP contribution in [0, 0.1) is 11.3 Å². The molecule has 7 nitrogen and oxygen atoms in total. The molecule has 0 bridgehead atoms. The second-order valence-electron chi connectivity index (χ2n) is 3.90. The van der Waals surface area contributed by atoms with E-state index in [0.717, 1.165) is 5.56 Å². The molecule has 3 rings (SSSR count). The maximum Gasteiger partial charge on any atom is 0.257 e. The fraction of sp³-hybridized carbons (Fsp3) is 0.0833. The average Bonchev–Trinajstić information content (AvgIpc) is 3.09. The summed E-state index contributed by atoms with van der Waals surface area (Å²) in [5.41, 5.74) is 0.782. The second kappa shape index (κ2) is 5.11. The van der Waals surface area contributed by atoms with Crippen molar-refractivity contribution in [3.63, 3.8) is 0 Å². The van der Waals surface area contributed by atoms with Gasteiger partial charge in [0.05, 0.1) is 0 Å². The summed E-state index contributed by atoms with van der Waals surface area (Å²) < 4.78 is 6.63. The zero-order valence-electron chi connectivity index (χ0n) is 10.1. The molecule has 8 heteroatoms. The number of hydrogen-bond acceptors (Lipinski definition) is 6. The van der Waals surface area contributed by atoms with Crippen LogP contribution in [0.4, 0.5) is 0 Å². The highest BCUT2D eigenvalue weighted by Crippen LogP contribution is 2.19. The number of hydrogen-bond donors (Lipinski definition) is 0. The van der Waals surface area contributed by atoms with E-state index in [-0.39, 0.29) is 12.4 Å². The van der Waals surface area contributed by atoms with Crippen LogP contribution in [0.5, 0.6) is 0 Å². The fourth-order valence-electron chi connectivity index (χ4n) is 1.59. The summed E-state index contributed by atoms with van der Waals surface area (Å²) in [6.07, 6.45) is 1.44. The van der Waals surface area contributed by atoms with E-state index in [1.807, 2.05) is 6.07 Å². The molecular weight excluding hydrogens is 280 g/mol. The summed E-state index contributed by atoms with van der Waals surface area (Å²) in [4.78, 5) is 8.04. The first-order valence-corrected chi connectivity index (χ1v) is 6.00. The molecule has 98 valence electrons. The highest BCUT2D eigenvalue weighted by atomic mass is 35.5. The number of rotatable bonds is 3. The molecule has 0 saturated heterocycles. The van der Waals surface area contributed by atoms with Crippen molar-refractivity contribution in [3.8, 4) is 17.5 Å². The summed E-state index contributed by atoms with van der Waals surface area (Å²) in [7, 11) is 0. The molecule has 0 unspecified atom stereocenters. The van der Waals surface area contributed by atoms with Gasteiger partial charge in [-0.05, 0) is 24.3 Å². The van der Waals surface area contributed by atoms with E-state index in [1.54, 1.807) is 24.3 Å². The molecule has 0 spiro atoms. The van der Waals surface area contributed by atoms with E-state index in [2.05, 4.69) is 20.2 Å². The molecule has 0 radical (unpaired) electrons. The van der Waals surface area contributed by atoms with E-state index in [9.17, 15) is 0 Å². The van der Waals surface area contributed by atoms with Gasteiger partial charge in [0.25, 0.3) is 11.7 Å². The largest absolute Gasteiger partial charge is 0.334 e. The fourth-order valence-corrected chi connectivity index (χ4v) is 1.72. The summed E-state index contributed by atoms with van der Waals surface area (Å²) >= 11 is 5.82. The smallest absolute Gasteiger partial charge is 0.257 e. The normalized spacial score (nSPS) is 10.4. The van der Waals surface area contributed by atoms with E-state index < -0.39 is 0 Å². The van der Waals surface area contributed by atoms with Crippen molar-refractivity contribution < 1.29 is 4.52 Å². The molecule has 2 aromatic heterocycles. The van der Waals surface area contributed by atoms with Crippen LogP contribution in [-0.2, 0) is 6.54 Å². The third-order valence-corrected chi connectivity index (χ3v) is 2.75. The molecule has 0 saturated carbocycles. The molecule has 0 fully saturated rings. The van der Waals surface area contributed by atoms with Crippen LogP contribution < -0.4 is 0 Å². The zero-order valence-corrected chi connectivity index (χ0v) is 10.8. The minimum Gasteiger partial charge on any atom is -0.334 e. The third kappa shape index (κ3) is 2.50. The van der Waals surface area contributed by atoms with Crippen molar-refractivity contribution >= 4 is 11.6 Å². The monoisotopic (exact) mass is 286 g/mol. The Balaban J connectivity index is 1.80. The first-order chi connectivity index (χ1) is 9.74. The Hall–Kier alpha value is -2.72. The quantitative estimate of drug-likeness (QED) is 0.730. The number of benzene rings is 1. The van der Waals surface area contributed by atoms with E-state index >= 15 is 0 Å². The van der Waals surface area contributed by atoms with Crippen LogP contribution in [0.15, 0.2) is 35.1 Å². The maximum atomic E-state index is 8.64. The lowest BCUT2D eigenvalue weighted by Crippen LogP contribution is -2.02. The van der Waals surface area contributed by atoms with Gasteiger partial charge in [0.1, 0.15) is 18.9 Å². The summed E-state index contributed by atoms with van der Waals surface area (Å²) in [6, 6.07) is 8.93. The van der Waals surface area contributed by atoms with Crippen molar-refractivity contribution in [1.82, 2.24) is 24.9 Å². The van der Waals surface area contributed by atoms with Crippen LogP contribution >= 0.6 is 11.6 Å². The molecule has 0 atom stereocenters. The van der Waals surface area contributed by atoms with Gasteiger partial charge in [0, 0.05) is 10.6 Å². The van der Waals surface area contributed by atoms with Crippen molar-refractivity contribution in [1.29, 1.82) is 5.26 Å². The maximum absolute atomic E-state index is 8.64. The van der Waals surface area contributed by atoms with Crippen molar-refractivity contribution in [3.05, 3.63) is 47.3 Å². The Morgan fingerprint density at radius 3 is 2.80 bits per heavy atom. The Labute approximate surface area is 118 Å². The Kier molecular flexibility index (Phi) is 3.15. The highest BCUT2D eigenvalue weighted by Gasteiger charge is 2.10. The molecular formula is C12H7ClN6O. The molecule has 0 aliphatic carbocycles. The van der Waals surface area contributed by atoms with Gasteiger partial charge in [0.2, 0.25) is 0 Å². The lowest BCUT2D eigenvalue weighted by atomic mass is 10.2. The van der Waals surface area contributed by atoms with Gasteiger partial charge >= 0.3 is 0 Å². The Morgan fingerprint density at radius 1 is 1.30 bits per heavy atom. The molecule has 2 heterocycles. The van der Waals surface area contributed by atoms with E-state index in [0.29, 0.717) is 16.7 Å². The summed E-state index contributed by atoms with van der Waals surface area (Å²) in [5.74, 6) is 0.952. The van der Waals surface area contributed by atoms with Crippen LogP contribution in [0.1, 0.15) is 11.6 Å². The van der Waals surface area contributed by atoms with Gasteiger partial charge in [-0.3, -0.25) is 0 Å². The first kappa shape index (κ1) is 12.3. The van der Waals surface area contributed by atoms with E-state index in [4.69, 9.17) is 21.4 Å². The second-order valence-corrected chi connectivity index (χ2v) is 4.34. The molecule has 20 heavy (non-hydrogen) atoms.